The summed E-state index contributed by atoms with van der Waals surface area (Å²) in [6.45, 7) is 5.92. The van der Waals surface area contributed by atoms with Gasteiger partial charge in [0.25, 0.3) is 5.91 Å². The molecule has 0 aliphatic carbocycles. The summed E-state index contributed by atoms with van der Waals surface area (Å²) in [5.41, 5.74) is 9.28. The van der Waals surface area contributed by atoms with Crippen molar-refractivity contribution in [3.05, 3.63) is 114 Å². The lowest BCUT2D eigenvalue weighted by Gasteiger charge is -2.35. The number of imidazole rings is 2. The third-order valence-corrected chi connectivity index (χ3v) is 13.9. The number of fused-ring (bicyclic) bond motifs is 7. The number of ether oxygens (including phenoxy) is 4. The van der Waals surface area contributed by atoms with Crippen molar-refractivity contribution in [2.75, 3.05) is 41.0 Å². The van der Waals surface area contributed by atoms with E-state index in [0.717, 1.165) is 85.1 Å². The number of aromatic amines is 2. The number of rotatable bonds is 12. The van der Waals surface area contributed by atoms with Crippen LogP contribution in [0, 0.1) is 11.8 Å². The monoisotopic (exact) mass is 920 g/mol. The number of aliphatic hydroxyl groups is 1. The average molecular weight is 921 g/mol. The van der Waals surface area contributed by atoms with Crippen molar-refractivity contribution in [3.63, 3.8) is 0 Å². The molecular formula is C52H56N8O8. The minimum atomic E-state index is -0.951. The van der Waals surface area contributed by atoms with Crippen LogP contribution in [0.1, 0.15) is 74.0 Å². The lowest BCUT2D eigenvalue weighted by atomic mass is 9.91. The van der Waals surface area contributed by atoms with Crippen molar-refractivity contribution >= 4 is 50.9 Å². The minimum absolute atomic E-state index is 0.0224. The second kappa shape index (κ2) is 18.6. The average Bonchev–Trinajstić information content (AvgIpc) is 4.19. The van der Waals surface area contributed by atoms with E-state index in [4.69, 9.17) is 28.9 Å². The zero-order valence-corrected chi connectivity index (χ0v) is 38.7. The molecule has 2 fully saturated rings. The summed E-state index contributed by atoms with van der Waals surface area (Å²) < 4.78 is 21.8. The van der Waals surface area contributed by atoms with Gasteiger partial charge in [-0.15, -0.1) is 0 Å². The van der Waals surface area contributed by atoms with Gasteiger partial charge >= 0.3 is 12.2 Å². The Morgan fingerprint density at radius 3 is 2.37 bits per heavy atom. The molecule has 5 aromatic carbocycles. The van der Waals surface area contributed by atoms with Crippen LogP contribution in [0.4, 0.5) is 9.59 Å². The highest BCUT2D eigenvalue weighted by molar-refractivity contribution is 6.07. The van der Waals surface area contributed by atoms with Gasteiger partial charge in [-0.3, -0.25) is 9.69 Å². The van der Waals surface area contributed by atoms with Gasteiger partial charge in [-0.05, 0) is 94.8 Å². The van der Waals surface area contributed by atoms with Crippen molar-refractivity contribution in [3.8, 4) is 28.0 Å². The molecule has 16 nitrogen and oxygen atoms in total. The number of benzene rings is 5. The standard InChI is InChI=1S/C52H56N8O8/c1-28(2)44(57-51(63)66-4)49(61)59-19-9-12-41(59)47-53-38-17-14-32(23-40(38)55-47)31-13-16-35-34(21-31)27-68-43-24-36-33(22-37(35)43)15-18-39-46(36)56-48(54-39)42-20-29(26-65-3)25-60(42)50(62)45(58-52(64)67-5)30-10-7-6-8-11-30/h6-8,10-11,13-18,21-24,28-29,41-42,44-45,49,61H,9,12,19-20,25-27H2,1-5H3,(H,53,55)(H,54,56)(H,57,63)(H,58,64). The maximum atomic E-state index is 14.4. The Hall–Kier alpha value is -7.01. The molecule has 10 rings (SSSR count). The van der Waals surface area contributed by atoms with Gasteiger partial charge in [-0.25, -0.2) is 19.6 Å². The van der Waals surface area contributed by atoms with Gasteiger partial charge < -0.3 is 49.6 Å². The lowest BCUT2D eigenvalue weighted by Crippen LogP contribution is -2.54. The smallest absolute Gasteiger partial charge is 0.407 e. The Bertz CT molecular complexity index is 3020. The molecule has 352 valence electrons. The summed E-state index contributed by atoms with van der Waals surface area (Å²) in [6, 6.07) is 28.3. The molecule has 5 N–H and O–H groups in total. The van der Waals surface area contributed by atoms with Gasteiger partial charge in [-0.1, -0.05) is 68.4 Å². The summed E-state index contributed by atoms with van der Waals surface area (Å²) in [6.07, 6.45) is 0.181. The number of aliphatic hydroxyl groups excluding tert-OH is 1. The normalized spacial score (nSPS) is 19.4. The molecular weight excluding hydrogens is 865 g/mol. The molecule has 0 radical (unpaired) electrons. The number of methoxy groups -OCH3 is 3. The topological polar surface area (TPSA) is 196 Å². The van der Waals surface area contributed by atoms with E-state index >= 15 is 0 Å². The molecule has 6 unspecified atom stereocenters. The number of nitrogens with one attached hydrogen (secondary N) is 4. The summed E-state index contributed by atoms with van der Waals surface area (Å²) in [5.74, 6) is 2.00. The number of hydrogen-bond donors (Lipinski definition) is 5. The van der Waals surface area contributed by atoms with E-state index in [1.165, 1.54) is 14.2 Å². The van der Waals surface area contributed by atoms with Crippen molar-refractivity contribution < 1.29 is 38.4 Å². The van der Waals surface area contributed by atoms with E-state index in [2.05, 4.69) is 69.1 Å². The third kappa shape index (κ3) is 8.37. The Morgan fingerprint density at radius 2 is 1.59 bits per heavy atom. The quantitative estimate of drug-likeness (QED) is 0.0791. The summed E-state index contributed by atoms with van der Waals surface area (Å²) >= 11 is 0. The number of H-pyrrole nitrogens is 2. The number of amides is 3. The minimum Gasteiger partial charge on any atom is -0.488 e. The highest BCUT2D eigenvalue weighted by Crippen LogP contribution is 2.44. The predicted octanol–water partition coefficient (Wildman–Crippen LogP) is 8.29. The Labute approximate surface area is 393 Å². The first-order valence-electron chi connectivity index (χ1n) is 23.2. The fraction of sp³-hybridized carbons (Fsp3) is 0.365. The van der Waals surface area contributed by atoms with Gasteiger partial charge in [0, 0.05) is 37.1 Å². The number of likely N-dealkylation sites (tertiary alicyclic amines) is 2. The van der Waals surface area contributed by atoms with Crippen molar-refractivity contribution in [2.45, 2.75) is 70.1 Å². The van der Waals surface area contributed by atoms with Crippen LogP contribution in [0.15, 0.2) is 91.0 Å². The zero-order chi connectivity index (χ0) is 47.2. The SMILES string of the molecule is COCC1CC(c2nc3c(ccc4cc5c(cc43)OCc3cc(-c4ccc6nc(C7CCCN7C(O)C(NC(=O)OC)C(C)C)[nH]c6c4)ccc3-5)[nH]2)N(C(=O)C(NC(=O)OC)c2ccccc2)C1. The van der Waals surface area contributed by atoms with Crippen LogP contribution in [0.3, 0.4) is 0 Å². The molecule has 3 aliphatic heterocycles. The first-order chi connectivity index (χ1) is 33.0. The molecule has 0 saturated carbocycles. The van der Waals surface area contributed by atoms with Crippen LogP contribution in [0.5, 0.6) is 5.75 Å². The molecule has 3 amide bonds. The van der Waals surface area contributed by atoms with Crippen molar-refractivity contribution in [1.82, 2.24) is 40.4 Å². The Kier molecular flexibility index (Phi) is 12.2. The molecule has 68 heavy (non-hydrogen) atoms. The summed E-state index contributed by atoms with van der Waals surface area (Å²) in [7, 11) is 4.26. The summed E-state index contributed by atoms with van der Waals surface area (Å²) in [5, 5.41) is 19.0. The van der Waals surface area contributed by atoms with Crippen molar-refractivity contribution in [1.29, 1.82) is 0 Å². The molecule has 2 aromatic heterocycles. The predicted molar refractivity (Wildman–Crippen MR) is 256 cm³/mol. The number of carbonyl (C=O) groups excluding carboxylic acids is 3. The van der Waals surface area contributed by atoms with Crippen LogP contribution in [-0.2, 0) is 25.6 Å². The maximum absolute atomic E-state index is 14.4. The molecule has 3 aliphatic rings. The summed E-state index contributed by atoms with van der Waals surface area (Å²) in [4.78, 5) is 60.1. The fourth-order valence-corrected chi connectivity index (χ4v) is 10.5. The molecule has 7 aromatic rings. The van der Waals surface area contributed by atoms with Gasteiger partial charge in [0.1, 0.15) is 36.3 Å². The molecule has 0 spiro atoms. The first kappa shape index (κ1) is 44.8. The Morgan fingerprint density at radius 1 is 0.838 bits per heavy atom. The van der Waals surface area contributed by atoms with E-state index in [1.807, 2.05) is 61.2 Å². The number of carbonyl (C=O) groups is 3. The van der Waals surface area contributed by atoms with Gasteiger partial charge in [0.15, 0.2) is 0 Å². The third-order valence-electron chi connectivity index (χ3n) is 13.9. The molecule has 6 atom stereocenters. The molecule has 5 heterocycles. The van der Waals surface area contributed by atoms with Crippen LogP contribution in [0.25, 0.3) is 55.1 Å². The Balaban J connectivity index is 0.911. The van der Waals surface area contributed by atoms with Crippen LogP contribution >= 0.6 is 0 Å². The maximum Gasteiger partial charge on any atom is 0.407 e. The van der Waals surface area contributed by atoms with E-state index in [9.17, 15) is 19.5 Å². The van der Waals surface area contributed by atoms with Gasteiger partial charge in [0.05, 0.1) is 61.0 Å². The van der Waals surface area contributed by atoms with E-state index in [0.29, 0.717) is 44.1 Å². The first-order valence-corrected chi connectivity index (χ1v) is 23.2. The number of hydrogen-bond acceptors (Lipinski definition) is 11. The number of aromatic nitrogens is 4. The van der Waals surface area contributed by atoms with E-state index < -0.39 is 30.5 Å². The van der Waals surface area contributed by atoms with Gasteiger partial charge in [0.2, 0.25) is 0 Å². The van der Waals surface area contributed by atoms with Gasteiger partial charge in [-0.2, -0.15) is 0 Å². The van der Waals surface area contributed by atoms with E-state index in [1.54, 1.807) is 12.0 Å². The fourth-order valence-electron chi connectivity index (χ4n) is 10.5. The molecule has 16 heteroatoms. The second-order valence-electron chi connectivity index (χ2n) is 18.4. The molecule has 2 saturated heterocycles. The van der Waals surface area contributed by atoms with Crippen LogP contribution in [-0.4, -0.2) is 106 Å². The highest BCUT2D eigenvalue weighted by atomic mass is 16.5. The zero-order valence-electron chi connectivity index (χ0n) is 38.7. The van der Waals surface area contributed by atoms with Crippen LogP contribution < -0.4 is 15.4 Å². The number of nitrogens with zero attached hydrogens (tertiary/aromatic N) is 4. The van der Waals surface area contributed by atoms with Crippen molar-refractivity contribution in [2.24, 2.45) is 11.8 Å². The molecule has 0 bridgehead atoms. The van der Waals surface area contributed by atoms with E-state index in [-0.39, 0.29) is 29.8 Å². The van der Waals surface area contributed by atoms with Crippen LogP contribution in [0.2, 0.25) is 0 Å². The highest BCUT2D eigenvalue weighted by Gasteiger charge is 2.42. The second-order valence-corrected chi connectivity index (χ2v) is 18.4. The number of alkyl carbamates (subject to hydrolysis) is 2. The lowest BCUT2D eigenvalue weighted by molar-refractivity contribution is -0.134. The largest absolute Gasteiger partial charge is 0.488 e.